The highest BCUT2D eigenvalue weighted by Crippen LogP contribution is 2.19. The maximum atomic E-state index is 11.8. The van der Waals surface area contributed by atoms with Crippen LogP contribution in [0.15, 0.2) is 18.3 Å². The molecule has 0 saturated carbocycles. The highest BCUT2D eigenvalue weighted by Gasteiger charge is 2.11. The van der Waals surface area contributed by atoms with Gasteiger partial charge in [-0.3, -0.25) is 4.79 Å². The number of aryl methyl sites for hydroxylation is 2. The lowest BCUT2D eigenvalue weighted by Crippen LogP contribution is -2.14. The Morgan fingerprint density at radius 1 is 1.44 bits per heavy atom. The standard InChI is InChI=1S/C14H19N3O/c1-9(2)8-13(18)16-12-6-5-7-17-11(4)10(3)15-14(12)17/h5-7,9H,8H2,1-4H3,(H,16,18). The fraction of sp³-hybridized carbons (Fsp3) is 0.429. The molecule has 96 valence electrons. The molecule has 2 aromatic rings. The summed E-state index contributed by atoms with van der Waals surface area (Å²) in [7, 11) is 0. The van der Waals surface area contributed by atoms with Gasteiger partial charge in [-0.05, 0) is 31.9 Å². The quantitative estimate of drug-likeness (QED) is 0.903. The van der Waals surface area contributed by atoms with Gasteiger partial charge in [0.2, 0.25) is 5.91 Å². The average molecular weight is 245 g/mol. The van der Waals surface area contributed by atoms with Crippen LogP contribution in [0.1, 0.15) is 31.7 Å². The number of aromatic nitrogens is 2. The number of carbonyl (C=O) groups excluding carboxylic acids is 1. The second-order valence-corrected chi connectivity index (χ2v) is 5.04. The van der Waals surface area contributed by atoms with Gasteiger partial charge >= 0.3 is 0 Å². The van der Waals surface area contributed by atoms with Crippen molar-refractivity contribution in [3.05, 3.63) is 29.7 Å². The fourth-order valence-electron chi connectivity index (χ4n) is 1.97. The zero-order valence-electron chi connectivity index (χ0n) is 11.3. The molecule has 0 unspecified atom stereocenters. The van der Waals surface area contributed by atoms with Gasteiger partial charge in [-0.15, -0.1) is 0 Å². The second kappa shape index (κ2) is 4.80. The lowest BCUT2D eigenvalue weighted by atomic mass is 10.1. The minimum absolute atomic E-state index is 0.0383. The van der Waals surface area contributed by atoms with E-state index in [2.05, 4.69) is 10.3 Å². The van der Waals surface area contributed by atoms with E-state index in [9.17, 15) is 4.79 Å². The van der Waals surface area contributed by atoms with E-state index in [0.717, 1.165) is 22.7 Å². The van der Waals surface area contributed by atoms with E-state index < -0.39 is 0 Å². The summed E-state index contributed by atoms with van der Waals surface area (Å²) in [5, 5.41) is 2.93. The number of nitrogens with one attached hydrogen (secondary N) is 1. The molecule has 2 heterocycles. The number of anilines is 1. The van der Waals surface area contributed by atoms with Crippen LogP contribution in [0, 0.1) is 19.8 Å². The minimum atomic E-state index is 0.0383. The predicted octanol–water partition coefficient (Wildman–Crippen LogP) is 2.94. The van der Waals surface area contributed by atoms with E-state index in [1.807, 2.05) is 50.4 Å². The molecule has 2 aromatic heterocycles. The maximum absolute atomic E-state index is 11.8. The number of rotatable bonds is 3. The number of nitrogens with zero attached hydrogens (tertiary/aromatic N) is 2. The van der Waals surface area contributed by atoms with Gasteiger partial charge in [0, 0.05) is 18.3 Å². The number of pyridine rings is 1. The smallest absolute Gasteiger partial charge is 0.224 e. The van der Waals surface area contributed by atoms with E-state index in [-0.39, 0.29) is 5.91 Å². The summed E-state index contributed by atoms with van der Waals surface area (Å²) in [6.45, 7) is 8.06. The summed E-state index contributed by atoms with van der Waals surface area (Å²) in [4.78, 5) is 16.3. The van der Waals surface area contributed by atoms with Crippen LogP contribution in [0.4, 0.5) is 5.69 Å². The van der Waals surface area contributed by atoms with Crippen molar-refractivity contribution in [3.8, 4) is 0 Å². The van der Waals surface area contributed by atoms with Gasteiger partial charge in [-0.2, -0.15) is 0 Å². The van der Waals surface area contributed by atoms with E-state index in [4.69, 9.17) is 0 Å². The van der Waals surface area contributed by atoms with E-state index in [0.29, 0.717) is 12.3 Å². The highest BCUT2D eigenvalue weighted by atomic mass is 16.1. The van der Waals surface area contributed by atoms with E-state index in [1.165, 1.54) is 0 Å². The molecule has 1 amide bonds. The summed E-state index contributed by atoms with van der Waals surface area (Å²) in [5.41, 5.74) is 3.68. The Morgan fingerprint density at radius 2 is 2.17 bits per heavy atom. The first-order chi connectivity index (χ1) is 8.49. The fourth-order valence-corrected chi connectivity index (χ4v) is 1.97. The zero-order chi connectivity index (χ0) is 13.3. The van der Waals surface area contributed by atoms with Gasteiger partial charge in [0.25, 0.3) is 0 Å². The van der Waals surface area contributed by atoms with E-state index >= 15 is 0 Å². The topological polar surface area (TPSA) is 46.4 Å². The largest absolute Gasteiger partial charge is 0.323 e. The van der Waals surface area contributed by atoms with Gasteiger partial charge in [0.1, 0.15) is 0 Å². The average Bonchev–Trinajstić information content (AvgIpc) is 2.56. The van der Waals surface area contributed by atoms with Crippen LogP contribution in [0.3, 0.4) is 0 Å². The van der Waals surface area contributed by atoms with Crippen LogP contribution < -0.4 is 5.32 Å². The number of amides is 1. The zero-order valence-corrected chi connectivity index (χ0v) is 11.3. The molecule has 4 nitrogen and oxygen atoms in total. The molecule has 0 atom stereocenters. The summed E-state index contributed by atoms with van der Waals surface area (Å²) >= 11 is 0. The third kappa shape index (κ3) is 2.37. The number of carbonyl (C=O) groups is 1. The minimum Gasteiger partial charge on any atom is -0.323 e. The Balaban J connectivity index is 2.34. The van der Waals surface area contributed by atoms with Crippen molar-refractivity contribution in [2.24, 2.45) is 5.92 Å². The predicted molar refractivity (Wildman–Crippen MR) is 72.8 cm³/mol. The SMILES string of the molecule is Cc1nc2c(NC(=O)CC(C)C)cccn2c1C. The Kier molecular flexibility index (Phi) is 3.36. The molecular formula is C14H19N3O. The van der Waals surface area contributed by atoms with Crippen LogP contribution in [0.25, 0.3) is 5.65 Å². The van der Waals surface area contributed by atoms with Gasteiger partial charge < -0.3 is 9.72 Å². The maximum Gasteiger partial charge on any atom is 0.224 e. The van der Waals surface area contributed by atoms with Crippen molar-refractivity contribution in [2.75, 3.05) is 5.32 Å². The Bertz CT molecular complexity index is 584. The molecule has 0 aliphatic heterocycles. The van der Waals surface area contributed by atoms with Gasteiger partial charge in [-0.1, -0.05) is 13.8 Å². The van der Waals surface area contributed by atoms with Crippen LogP contribution in [-0.2, 0) is 4.79 Å². The van der Waals surface area contributed by atoms with Crippen LogP contribution >= 0.6 is 0 Å². The first-order valence-electron chi connectivity index (χ1n) is 6.23. The molecule has 0 bridgehead atoms. The molecule has 4 heteroatoms. The van der Waals surface area contributed by atoms with Crippen LogP contribution in [-0.4, -0.2) is 15.3 Å². The summed E-state index contributed by atoms with van der Waals surface area (Å²) in [6, 6.07) is 3.81. The van der Waals surface area contributed by atoms with Crippen molar-refractivity contribution in [1.82, 2.24) is 9.38 Å². The van der Waals surface area contributed by atoms with E-state index in [1.54, 1.807) is 0 Å². The molecule has 0 aromatic carbocycles. The second-order valence-electron chi connectivity index (χ2n) is 5.04. The number of hydrogen-bond acceptors (Lipinski definition) is 2. The number of imidazole rings is 1. The van der Waals surface area contributed by atoms with Gasteiger partial charge in [0.15, 0.2) is 5.65 Å². The molecule has 1 N–H and O–H groups in total. The third-order valence-electron chi connectivity index (χ3n) is 2.99. The molecule has 0 aliphatic carbocycles. The van der Waals surface area contributed by atoms with Crippen molar-refractivity contribution >= 4 is 17.2 Å². The lowest BCUT2D eigenvalue weighted by molar-refractivity contribution is -0.116. The normalized spacial score (nSPS) is 11.2. The summed E-state index contributed by atoms with van der Waals surface area (Å²) in [6.07, 6.45) is 2.49. The van der Waals surface area contributed by atoms with Gasteiger partial charge in [-0.25, -0.2) is 4.98 Å². The lowest BCUT2D eigenvalue weighted by Gasteiger charge is -2.08. The first kappa shape index (κ1) is 12.6. The van der Waals surface area contributed by atoms with Crippen LogP contribution in [0.5, 0.6) is 0 Å². The first-order valence-corrected chi connectivity index (χ1v) is 6.23. The summed E-state index contributed by atoms with van der Waals surface area (Å²) < 4.78 is 2.00. The van der Waals surface area contributed by atoms with Crippen molar-refractivity contribution in [2.45, 2.75) is 34.1 Å². The highest BCUT2D eigenvalue weighted by molar-refractivity contribution is 5.94. The monoisotopic (exact) mass is 245 g/mol. The van der Waals surface area contributed by atoms with Crippen molar-refractivity contribution in [3.63, 3.8) is 0 Å². The van der Waals surface area contributed by atoms with Crippen LogP contribution in [0.2, 0.25) is 0 Å². The molecule has 0 aliphatic rings. The molecule has 0 spiro atoms. The molecule has 2 rings (SSSR count). The number of hydrogen-bond donors (Lipinski definition) is 1. The number of fused-ring (bicyclic) bond motifs is 1. The molecule has 0 saturated heterocycles. The van der Waals surface area contributed by atoms with Gasteiger partial charge in [0.05, 0.1) is 11.4 Å². The molecular weight excluding hydrogens is 226 g/mol. The van der Waals surface area contributed by atoms with Crippen molar-refractivity contribution in [1.29, 1.82) is 0 Å². The molecule has 0 fully saturated rings. The Labute approximate surface area is 107 Å². The molecule has 0 radical (unpaired) electrons. The van der Waals surface area contributed by atoms with Crippen molar-refractivity contribution < 1.29 is 4.79 Å². The Hall–Kier alpha value is -1.84. The summed E-state index contributed by atoms with van der Waals surface area (Å²) in [5.74, 6) is 0.393. The molecule has 18 heavy (non-hydrogen) atoms. The Morgan fingerprint density at radius 3 is 2.83 bits per heavy atom. The third-order valence-corrected chi connectivity index (χ3v) is 2.99.